The van der Waals surface area contributed by atoms with Crippen LogP contribution in [0.4, 0.5) is 0 Å². The molecule has 6 heteroatoms. The maximum Gasteiger partial charge on any atom is 0.319 e. The number of rotatable bonds is 9. The predicted molar refractivity (Wildman–Crippen MR) is 117 cm³/mol. The number of thioether (sulfide) groups is 1. The van der Waals surface area contributed by atoms with Gasteiger partial charge in [0.2, 0.25) is 0 Å². The van der Waals surface area contributed by atoms with Crippen LogP contribution in [0.1, 0.15) is 43.6 Å². The Morgan fingerprint density at radius 1 is 1.07 bits per heavy atom. The van der Waals surface area contributed by atoms with E-state index >= 15 is 0 Å². The molecular formula is C23H27N3O2S. The van der Waals surface area contributed by atoms with Crippen LogP contribution in [0.3, 0.4) is 0 Å². The van der Waals surface area contributed by atoms with Gasteiger partial charge in [-0.05, 0) is 38.0 Å². The Morgan fingerprint density at radius 3 is 2.45 bits per heavy atom. The highest BCUT2D eigenvalue weighted by Gasteiger charge is 2.25. The number of carbonyl (C=O) groups is 1. The molecule has 1 atom stereocenters. The van der Waals surface area contributed by atoms with Gasteiger partial charge >= 0.3 is 5.97 Å². The third-order valence-electron chi connectivity index (χ3n) is 4.55. The van der Waals surface area contributed by atoms with Gasteiger partial charge in [0.05, 0.1) is 6.61 Å². The number of hydrogen-bond acceptors (Lipinski definition) is 5. The molecule has 5 nitrogen and oxygen atoms in total. The second-order valence-corrected chi connectivity index (χ2v) is 8.05. The lowest BCUT2D eigenvalue weighted by Gasteiger charge is -2.15. The van der Waals surface area contributed by atoms with Crippen LogP contribution < -0.4 is 0 Å². The average molecular weight is 410 g/mol. The molecule has 0 aliphatic heterocycles. The van der Waals surface area contributed by atoms with Gasteiger partial charge in [0.15, 0.2) is 5.16 Å². The summed E-state index contributed by atoms with van der Waals surface area (Å²) in [5.41, 5.74) is 3.35. The third kappa shape index (κ3) is 5.48. The molecule has 0 fully saturated rings. The van der Waals surface area contributed by atoms with Crippen molar-refractivity contribution in [3.05, 3.63) is 71.5 Å². The Bertz CT molecular complexity index is 923. The molecule has 29 heavy (non-hydrogen) atoms. The largest absolute Gasteiger partial charge is 0.465 e. The summed E-state index contributed by atoms with van der Waals surface area (Å²) >= 11 is 1.43. The molecule has 3 rings (SSSR count). The summed E-state index contributed by atoms with van der Waals surface area (Å²) in [5, 5.41) is 9.33. The van der Waals surface area contributed by atoms with E-state index in [1.54, 1.807) is 0 Å². The van der Waals surface area contributed by atoms with Crippen LogP contribution in [0, 0.1) is 6.92 Å². The van der Waals surface area contributed by atoms with Gasteiger partial charge in [0, 0.05) is 12.1 Å². The van der Waals surface area contributed by atoms with E-state index in [2.05, 4.69) is 65.0 Å². The number of aromatic nitrogens is 3. The van der Waals surface area contributed by atoms with Gasteiger partial charge in [-0.2, -0.15) is 0 Å². The molecule has 0 aliphatic carbocycles. The molecule has 152 valence electrons. The second-order valence-electron chi connectivity index (χ2n) is 6.88. The Hall–Kier alpha value is -2.60. The van der Waals surface area contributed by atoms with Crippen molar-refractivity contribution in [1.82, 2.24) is 14.8 Å². The van der Waals surface area contributed by atoms with E-state index in [9.17, 15) is 4.79 Å². The van der Waals surface area contributed by atoms with Gasteiger partial charge < -0.3 is 4.74 Å². The first-order valence-corrected chi connectivity index (χ1v) is 10.9. The summed E-state index contributed by atoms with van der Waals surface area (Å²) in [5.74, 6) is 0.657. The predicted octanol–water partition coefficient (Wildman–Crippen LogP) is 4.99. The summed E-state index contributed by atoms with van der Waals surface area (Å²) in [6.07, 6.45) is 2.30. The lowest BCUT2D eigenvalue weighted by molar-refractivity contribution is -0.142. The number of hydrogen-bond donors (Lipinski definition) is 0. The van der Waals surface area contributed by atoms with Crippen LogP contribution >= 0.6 is 11.8 Å². The lowest BCUT2D eigenvalue weighted by atomic mass is 10.1. The first kappa shape index (κ1) is 21.1. The molecule has 0 amide bonds. The molecular weight excluding hydrogens is 382 g/mol. The quantitative estimate of drug-likeness (QED) is 0.368. The normalized spacial score (nSPS) is 12.0. The molecule has 3 aromatic rings. The topological polar surface area (TPSA) is 57.0 Å². The Labute approximate surface area is 176 Å². The molecule has 0 radical (unpaired) electrons. The van der Waals surface area contributed by atoms with E-state index in [4.69, 9.17) is 4.74 Å². The Morgan fingerprint density at radius 2 is 1.79 bits per heavy atom. The molecule has 0 spiro atoms. The highest BCUT2D eigenvalue weighted by atomic mass is 32.2. The fourth-order valence-electron chi connectivity index (χ4n) is 3.07. The molecule has 0 bridgehead atoms. The summed E-state index contributed by atoms with van der Waals surface area (Å²) < 4.78 is 7.33. The molecule has 1 heterocycles. The van der Waals surface area contributed by atoms with E-state index in [1.165, 1.54) is 22.9 Å². The lowest BCUT2D eigenvalue weighted by Crippen LogP contribution is -2.21. The monoisotopic (exact) mass is 409 g/mol. The van der Waals surface area contributed by atoms with Gasteiger partial charge in [0.25, 0.3) is 0 Å². The molecule has 1 aromatic heterocycles. The van der Waals surface area contributed by atoms with Gasteiger partial charge in [0.1, 0.15) is 11.1 Å². The van der Waals surface area contributed by atoms with Gasteiger partial charge in [-0.25, -0.2) is 0 Å². The minimum atomic E-state index is -0.294. The number of nitrogens with zero attached hydrogens (tertiary/aromatic N) is 3. The van der Waals surface area contributed by atoms with E-state index in [-0.39, 0.29) is 11.2 Å². The van der Waals surface area contributed by atoms with E-state index in [0.717, 1.165) is 24.4 Å². The number of aryl methyl sites for hydroxylation is 1. The summed E-state index contributed by atoms with van der Waals surface area (Å²) in [6.45, 7) is 6.34. The van der Waals surface area contributed by atoms with Crippen LogP contribution in [0.25, 0.3) is 5.69 Å². The number of esters is 1. The SMILES string of the molecule is CCC[C@H](Sc1nnc(Cc2ccccc2)n1-c1ccc(C)cc1)C(=O)OCC. The summed E-state index contributed by atoms with van der Waals surface area (Å²) in [6, 6.07) is 18.5. The maximum absolute atomic E-state index is 12.4. The van der Waals surface area contributed by atoms with Gasteiger partial charge in [-0.3, -0.25) is 9.36 Å². The van der Waals surface area contributed by atoms with Crippen molar-refractivity contribution in [2.75, 3.05) is 6.61 Å². The molecule has 0 saturated heterocycles. The van der Waals surface area contributed by atoms with Crippen molar-refractivity contribution < 1.29 is 9.53 Å². The summed E-state index contributed by atoms with van der Waals surface area (Å²) in [7, 11) is 0. The van der Waals surface area contributed by atoms with Crippen molar-refractivity contribution in [1.29, 1.82) is 0 Å². The smallest absolute Gasteiger partial charge is 0.319 e. The first-order valence-electron chi connectivity index (χ1n) is 10.0. The standard InChI is InChI=1S/C23H27N3O2S/c1-4-9-20(22(27)28-5-2)29-23-25-24-21(16-18-10-7-6-8-11-18)26(23)19-14-12-17(3)13-15-19/h6-8,10-15,20H,4-5,9,16H2,1-3H3/t20-/m0/s1. The summed E-state index contributed by atoms with van der Waals surface area (Å²) in [4.78, 5) is 12.4. The number of ether oxygens (including phenoxy) is 1. The maximum atomic E-state index is 12.4. The fraction of sp³-hybridized carbons (Fsp3) is 0.348. The van der Waals surface area contributed by atoms with Crippen LogP contribution in [0.15, 0.2) is 59.8 Å². The van der Waals surface area contributed by atoms with Crippen LogP contribution in [0.5, 0.6) is 0 Å². The molecule has 0 unspecified atom stereocenters. The highest BCUT2D eigenvalue weighted by Crippen LogP contribution is 2.29. The highest BCUT2D eigenvalue weighted by molar-refractivity contribution is 8.00. The molecule has 0 saturated carbocycles. The Kier molecular flexibility index (Phi) is 7.47. The zero-order chi connectivity index (χ0) is 20.6. The molecule has 2 aromatic carbocycles. The van der Waals surface area contributed by atoms with Gasteiger partial charge in [-0.1, -0.05) is 73.1 Å². The van der Waals surface area contributed by atoms with Crippen molar-refractivity contribution in [3.63, 3.8) is 0 Å². The number of carbonyl (C=O) groups excluding carboxylic acids is 1. The van der Waals surface area contributed by atoms with Crippen LogP contribution in [0.2, 0.25) is 0 Å². The van der Waals surface area contributed by atoms with Crippen molar-refractivity contribution in [2.45, 2.75) is 50.4 Å². The zero-order valence-electron chi connectivity index (χ0n) is 17.2. The van der Waals surface area contributed by atoms with Gasteiger partial charge in [-0.15, -0.1) is 10.2 Å². The molecule has 0 N–H and O–H groups in total. The van der Waals surface area contributed by atoms with Crippen LogP contribution in [-0.4, -0.2) is 32.6 Å². The van der Waals surface area contributed by atoms with Crippen molar-refractivity contribution in [2.24, 2.45) is 0 Å². The van der Waals surface area contributed by atoms with Crippen molar-refractivity contribution >= 4 is 17.7 Å². The van der Waals surface area contributed by atoms with Crippen LogP contribution in [-0.2, 0) is 16.0 Å². The average Bonchev–Trinajstić information content (AvgIpc) is 3.11. The van der Waals surface area contributed by atoms with E-state index in [0.29, 0.717) is 18.2 Å². The molecule has 0 aliphatic rings. The minimum absolute atomic E-state index is 0.192. The fourth-order valence-corrected chi connectivity index (χ4v) is 4.25. The Balaban J connectivity index is 1.97. The van der Waals surface area contributed by atoms with Crippen molar-refractivity contribution in [3.8, 4) is 5.69 Å². The third-order valence-corrected chi connectivity index (χ3v) is 5.73. The number of benzene rings is 2. The second kappa shape index (κ2) is 10.3. The first-order chi connectivity index (χ1) is 14.1. The zero-order valence-corrected chi connectivity index (χ0v) is 18.0. The van der Waals surface area contributed by atoms with E-state index < -0.39 is 0 Å². The minimum Gasteiger partial charge on any atom is -0.465 e. The van der Waals surface area contributed by atoms with E-state index in [1.807, 2.05) is 25.1 Å².